The maximum absolute atomic E-state index is 13.3. The SMILES string of the molecule is CNSc1ccc(CNC(=O)N2CC3(CCCC3)c3nc(-c4ccc(O)cc4C)ccc32)cc1. The molecule has 3 N–H and O–H groups in total. The molecule has 1 spiro atoms. The molecule has 34 heavy (non-hydrogen) atoms. The molecule has 1 aliphatic carbocycles. The van der Waals surface area contributed by atoms with Gasteiger partial charge in [0.15, 0.2) is 0 Å². The number of benzene rings is 2. The van der Waals surface area contributed by atoms with Gasteiger partial charge in [-0.25, -0.2) is 9.78 Å². The highest BCUT2D eigenvalue weighted by molar-refractivity contribution is 7.97. The quantitative estimate of drug-likeness (QED) is 0.424. The summed E-state index contributed by atoms with van der Waals surface area (Å²) in [7, 11) is 1.90. The van der Waals surface area contributed by atoms with Crippen molar-refractivity contribution in [2.24, 2.45) is 0 Å². The summed E-state index contributed by atoms with van der Waals surface area (Å²) in [4.78, 5) is 21.4. The number of urea groups is 1. The first kappa shape index (κ1) is 22.7. The van der Waals surface area contributed by atoms with Gasteiger partial charge in [0.05, 0.1) is 17.1 Å². The number of amides is 2. The van der Waals surface area contributed by atoms with Crippen molar-refractivity contribution in [3.05, 3.63) is 71.4 Å². The van der Waals surface area contributed by atoms with Crippen LogP contribution in [-0.4, -0.2) is 29.7 Å². The van der Waals surface area contributed by atoms with E-state index in [0.29, 0.717) is 13.1 Å². The van der Waals surface area contributed by atoms with Crippen LogP contribution in [0.1, 0.15) is 42.5 Å². The zero-order chi connectivity index (χ0) is 23.7. The highest BCUT2D eigenvalue weighted by Gasteiger charge is 2.47. The van der Waals surface area contributed by atoms with Crippen LogP contribution in [-0.2, 0) is 12.0 Å². The van der Waals surface area contributed by atoms with Crippen molar-refractivity contribution in [2.75, 3.05) is 18.5 Å². The number of aryl methyl sites for hydroxylation is 1. The molecule has 3 aromatic rings. The Balaban J connectivity index is 1.39. The lowest BCUT2D eigenvalue weighted by atomic mass is 9.84. The summed E-state index contributed by atoms with van der Waals surface area (Å²) in [5.41, 5.74) is 5.85. The second-order valence-corrected chi connectivity index (χ2v) is 10.3. The number of carbonyl (C=O) groups is 1. The van der Waals surface area contributed by atoms with E-state index in [1.54, 1.807) is 24.1 Å². The number of nitrogens with one attached hydrogen (secondary N) is 2. The summed E-state index contributed by atoms with van der Waals surface area (Å²) < 4.78 is 3.07. The van der Waals surface area contributed by atoms with Crippen molar-refractivity contribution in [1.29, 1.82) is 0 Å². The molecule has 0 unspecified atom stereocenters. The normalized spacial score (nSPS) is 16.1. The zero-order valence-electron chi connectivity index (χ0n) is 19.6. The van der Waals surface area contributed by atoms with E-state index in [0.717, 1.165) is 64.3 Å². The summed E-state index contributed by atoms with van der Waals surface area (Å²) in [6.07, 6.45) is 4.44. The Morgan fingerprint density at radius 1 is 1.12 bits per heavy atom. The highest BCUT2D eigenvalue weighted by Crippen LogP contribution is 2.50. The summed E-state index contributed by atoms with van der Waals surface area (Å²) >= 11 is 1.57. The van der Waals surface area contributed by atoms with Gasteiger partial charge in [-0.2, -0.15) is 0 Å². The Hall–Kier alpha value is -3.03. The number of hydrogen-bond donors (Lipinski definition) is 3. The third-order valence-corrected chi connectivity index (χ3v) is 7.72. The van der Waals surface area contributed by atoms with Crippen LogP contribution in [0.3, 0.4) is 0 Å². The van der Waals surface area contributed by atoms with Crippen molar-refractivity contribution in [3.63, 3.8) is 0 Å². The fourth-order valence-electron chi connectivity index (χ4n) is 5.30. The molecule has 1 saturated carbocycles. The molecular formula is C27H30N4O2S. The van der Waals surface area contributed by atoms with Crippen LogP contribution >= 0.6 is 11.9 Å². The van der Waals surface area contributed by atoms with Gasteiger partial charge < -0.3 is 10.4 Å². The van der Waals surface area contributed by atoms with Crippen molar-refractivity contribution < 1.29 is 9.90 Å². The topological polar surface area (TPSA) is 77.5 Å². The lowest BCUT2D eigenvalue weighted by Gasteiger charge is -2.24. The second-order valence-electron chi connectivity index (χ2n) is 9.25. The largest absolute Gasteiger partial charge is 0.508 e. The third kappa shape index (κ3) is 4.26. The first-order valence-electron chi connectivity index (χ1n) is 11.8. The minimum atomic E-state index is -0.0749. The van der Waals surface area contributed by atoms with Crippen molar-refractivity contribution in [1.82, 2.24) is 15.0 Å². The molecule has 1 fully saturated rings. The molecule has 6 nitrogen and oxygen atoms in total. The monoisotopic (exact) mass is 474 g/mol. The fraction of sp³-hybridized carbons (Fsp3) is 0.333. The molecule has 176 valence electrons. The summed E-state index contributed by atoms with van der Waals surface area (Å²) in [6, 6.07) is 17.5. The molecule has 0 bridgehead atoms. The van der Waals surface area contributed by atoms with Crippen LogP contribution in [0.2, 0.25) is 0 Å². The van der Waals surface area contributed by atoms with Crippen LogP contribution in [0.4, 0.5) is 10.5 Å². The van der Waals surface area contributed by atoms with Crippen molar-refractivity contribution in [2.45, 2.75) is 49.5 Å². The van der Waals surface area contributed by atoms with Crippen molar-refractivity contribution >= 4 is 23.7 Å². The minimum Gasteiger partial charge on any atom is -0.508 e. The van der Waals surface area contributed by atoms with Gasteiger partial charge in [0.1, 0.15) is 5.75 Å². The average Bonchev–Trinajstić information content (AvgIpc) is 3.44. The van der Waals surface area contributed by atoms with E-state index < -0.39 is 0 Å². The number of aromatic nitrogens is 1. The van der Waals surface area contributed by atoms with E-state index in [9.17, 15) is 9.90 Å². The molecule has 0 atom stereocenters. The van der Waals surface area contributed by atoms with Gasteiger partial charge in [0, 0.05) is 29.0 Å². The molecule has 0 saturated heterocycles. The molecule has 2 amide bonds. The maximum atomic E-state index is 13.3. The maximum Gasteiger partial charge on any atom is 0.322 e. The van der Waals surface area contributed by atoms with Gasteiger partial charge in [0.2, 0.25) is 0 Å². The van der Waals surface area contributed by atoms with Gasteiger partial charge in [-0.1, -0.05) is 25.0 Å². The van der Waals surface area contributed by atoms with Crippen LogP contribution in [0.25, 0.3) is 11.3 Å². The lowest BCUT2D eigenvalue weighted by Crippen LogP contribution is -2.41. The molecular weight excluding hydrogens is 444 g/mol. The highest BCUT2D eigenvalue weighted by atomic mass is 32.2. The summed E-state index contributed by atoms with van der Waals surface area (Å²) in [5, 5.41) is 12.9. The number of fused-ring (bicyclic) bond motifs is 2. The Labute approximate surface area is 204 Å². The predicted octanol–water partition coefficient (Wildman–Crippen LogP) is 5.53. The molecule has 0 radical (unpaired) electrons. The first-order valence-corrected chi connectivity index (χ1v) is 12.6. The average molecular weight is 475 g/mol. The first-order chi connectivity index (χ1) is 16.5. The third-order valence-electron chi connectivity index (χ3n) is 7.01. The van der Waals surface area contributed by atoms with Gasteiger partial charge in [-0.15, -0.1) is 0 Å². The summed E-state index contributed by atoms with van der Waals surface area (Å²) in [5.74, 6) is 0.257. The molecule has 2 aromatic carbocycles. The van der Waals surface area contributed by atoms with Crippen molar-refractivity contribution in [3.8, 4) is 17.0 Å². The smallest absolute Gasteiger partial charge is 0.322 e. The second kappa shape index (κ2) is 9.31. The predicted molar refractivity (Wildman–Crippen MR) is 137 cm³/mol. The molecule has 2 aliphatic rings. The zero-order valence-corrected chi connectivity index (χ0v) is 20.4. The van der Waals surface area contributed by atoms with Crippen LogP contribution in [0.5, 0.6) is 5.75 Å². The number of phenols is 1. The van der Waals surface area contributed by atoms with Crippen LogP contribution < -0.4 is 14.9 Å². The van der Waals surface area contributed by atoms with E-state index in [4.69, 9.17) is 4.98 Å². The van der Waals surface area contributed by atoms with Crippen LogP contribution in [0.15, 0.2) is 59.5 Å². The summed E-state index contributed by atoms with van der Waals surface area (Å²) in [6.45, 7) is 3.15. The molecule has 7 heteroatoms. The molecule has 5 rings (SSSR count). The number of anilines is 1. The Bertz CT molecular complexity index is 1210. The minimum absolute atomic E-state index is 0.0699. The fourth-order valence-corrected chi connectivity index (χ4v) is 5.81. The van der Waals surface area contributed by atoms with Crippen LogP contribution in [0, 0.1) is 6.92 Å². The number of rotatable bonds is 5. The van der Waals surface area contributed by atoms with E-state index in [1.165, 1.54) is 0 Å². The Morgan fingerprint density at radius 2 is 1.88 bits per heavy atom. The van der Waals surface area contributed by atoms with Gasteiger partial charge in [-0.3, -0.25) is 9.62 Å². The molecule has 1 aromatic heterocycles. The molecule has 1 aliphatic heterocycles. The molecule has 2 heterocycles. The number of pyridine rings is 1. The number of hydrogen-bond acceptors (Lipinski definition) is 5. The number of nitrogens with zero attached hydrogens (tertiary/aromatic N) is 2. The van der Waals surface area contributed by atoms with E-state index in [-0.39, 0.29) is 17.2 Å². The Kier molecular flexibility index (Phi) is 6.23. The van der Waals surface area contributed by atoms with Gasteiger partial charge in [-0.05, 0) is 92.4 Å². The number of phenolic OH excluding ortho intramolecular Hbond substituents is 1. The van der Waals surface area contributed by atoms with Gasteiger partial charge >= 0.3 is 6.03 Å². The van der Waals surface area contributed by atoms with Gasteiger partial charge in [0.25, 0.3) is 0 Å². The van der Waals surface area contributed by atoms with E-state index >= 15 is 0 Å². The standard InChI is InChI=1S/C27H30N4O2S/c1-18-15-20(32)7-10-22(18)23-11-12-24-25(30-23)27(13-3-4-14-27)17-31(24)26(33)29-16-19-5-8-21(9-6-19)34-28-2/h5-12,15,28,32H,3-4,13-14,16-17H2,1-2H3,(H,29,33). The number of aromatic hydroxyl groups is 1. The Morgan fingerprint density at radius 3 is 2.59 bits per heavy atom. The van der Waals surface area contributed by atoms with E-state index in [1.807, 2.05) is 49.2 Å². The number of carbonyl (C=O) groups excluding carboxylic acids is 1. The van der Waals surface area contributed by atoms with E-state index in [2.05, 4.69) is 22.2 Å². The lowest BCUT2D eigenvalue weighted by molar-refractivity contribution is 0.245.